The van der Waals surface area contributed by atoms with E-state index in [0.29, 0.717) is 29.0 Å². The fraction of sp³-hybridized carbons (Fsp3) is 0.611. The summed E-state index contributed by atoms with van der Waals surface area (Å²) in [6, 6.07) is 6.67. The standard InChI is InChI=1S/C18H25FN2/c1-14(2)10-18(7-3-4-8-18)13-21-12-16-6-5-15(11-20)9-17(16)19/h5-6,9,14,21H,3-4,7-8,10,12-13H2,1-2H3. The fourth-order valence-corrected chi connectivity index (χ4v) is 3.67. The molecule has 2 nitrogen and oxygen atoms in total. The van der Waals surface area contributed by atoms with E-state index in [1.807, 2.05) is 6.07 Å². The minimum atomic E-state index is -0.286. The highest BCUT2D eigenvalue weighted by Gasteiger charge is 2.33. The largest absolute Gasteiger partial charge is 0.312 e. The Hall–Kier alpha value is -1.40. The first-order valence-corrected chi connectivity index (χ1v) is 7.94. The number of hydrogen-bond acceptors (Lipinski definition) is 2. The third-order valence-corrected chi connectivity index (χ3v) is 4.50. The zero-order valence-electron chi connectivity index (χ0n) is 13.1. The molecule has 1 aliphatic rings. The molecule has 1 fully saturated rings. The summed E-state index contributed by atoms with van der Waals surface area (Å²) in [5, 5.41) is 12.2. The van der Waals surface area contributed by atoms with Crippen molar-refractivity contribution in [2.45, 2.75) is 52.5 Å². The average molecular weight is 288 g/mol. The smallest absolute Gasteiger partial charge is 0.129 e. The molecule has 0 atom stereocenters. The Morgan fingerprint density at radius 3 is 2.62 bits per heavy atom. The van der Waals surface area contributed by atoms with Crippen molar-refractivity contribution in [2.24, 2.45) is 11.3 Å². The number of halogens is 1. The van der Waals surface area contributed by atoms with Gasteiger partial charge in [0.25, 0.3) is 0 Å². The first kappa shape index (κ1) is 16.0. The summed E-state index contributed by atoms with van der Waals surface area (Å²) in [5.41, 5.74) is 1.42. The molecule has 0 bridgehead atoms. The molecule has 1 saturated carbocycles. The van der Waals surface area contributed by atoms with E-state index in [0.717, 1.165) is 6.54 Å². The van der Waals surface area contributed by atoms with Crippen LogP contribution in [0.4, 0.5) is 4.39 Å². The van der Waals surface area contributed by atoms with Gasteiger partial charge in [-0.15, -0.1) is 0 Å². The summed E-state index contributed by atoms with van der Waals surface area (Å²) in [7, 11) is 0. The van der Waals surface area contributed by atoms with Crippen LogP contribution in [0.1, 0.15) is 57.1 Å². The maximum atomic E-state index is 13.9. The molecule has 0 aliphatic heterocycles. The Bertz CT molecular complexity index is 510. The maximum absolute atomic E-state index is 13.9. The SMILES string of the molecule is CC(C)CC1(CNCc2ccc(C#N)cc2F)CCCC1. The molecule has 1 aromatic carbocycles. The molecule has 21 heavy (non-hydrogen) atoms. The lowest BCUT2D eigenvalue weighted by molar-refractivity contribution is 0.223. The lowest BCUT2D eigenvalue weighted by Crippen LogP contribution is -2.33. The summed E-state index contributed by atoms with van der Waals surface area (Å²) in [6.45, 7) is 6.06. The zero-order valence-corrected chi connectivity index (χ0v) is 13.1. The molecule has 0 spiro atoms. The normalized spacial score (nSPS) is 17.1. The number of benzene rings is 1. The highest BCUT2D eigenvalue weighted by molar-refractivity contribution is 5.32. The second-order valence-electron chi connectivity index (χ2n) is 6.83. The molecule has 2 rings (SSSR count). The van der Waals surface area contributed by atoms with Gasteiger partial charge < -0.3 is 5.32 Å². The number of nitrogens with one attached hydrogen (secondary N) is 1. The van der Waals surface area contributed by atoms with Gasteiger partial charge in [0, 0.05) is 18.7 Å². The van der Waals surface area contributed by atoms with Crippen molar-refractivity contribution in [3.05, 3.63) is 35.1 Å². The molecule has 1 aliphatic carbocycles. The van der Waals surface area contributed by atoms with Crippen molar-refractivity contribution in [3.63, 3.8) is 0 Å². The van der Waals surface area contributed by atoms with Gasteiger partial charge in [0.2, 0.25) is 0 Å². The Morgan fingerprint density at radius 2 is 2.05 bits per heavy atom. The lowest BCUT2D eigenvalue weighted by atomic mass is 9.78. The second-order valence-corrected chi connectivity index (χ2v) is 6.83. The first-order valence-electron chi connectivity index (χ1n) is 7.94. The van der Waals surface area contributed by atoms with Gasteiger partial charge in [-0.25, -0.2) is 4.39 Å². The third-order valence-electron chi connectivity index (χ3n) is 4.50. The van der Waals surface area contributed by atoms with E-state index in [1.54, 1.807) is 12.1 Å². The van der Waals surface area contributed by atoms with Crippen molar-refractivity contribution >= 4 is 0 Å². The third kappa shape index (κ3) is 4.28. The van der Waals surface area contributed by atoms with Crippen molar-refractivity contribution in [1.82, 2.24) is 5.32 Å². The second kappa shape index (κ2) is 7.04. The monoisotopic (exact) mass is 288 g/mol. The first-order chi connectivity index (χ1) is 10.0. The topological polar surface area (TPSA) is 35.8 Å². The average Bonchev–Trinajstić information content (AvgIpc) is 2.88. The molecular formula is C18H25FN2. The molecule has 0 heterocycles. The van der Waals surface area contributed by atoms with E-state index in [1.165, 1.54) is 38.2 Å². The van der Waals surface area contributed by atoms with Gasteiger partial charge in [0.1, 0.15) is 5.82 Å². The van der Waals surface area contributed by atoms with Gasteiger partial charge in [-0.3, -0.25) is 0 Å². The van der Waals surface area contributed by atoms with Crippen LogP contribution in [0.2, 0.25) is 0 Å². The van der Waals surface area contributed by atoms with Gasteiger partial charge in [0.15, 0.2) is 0 Å². The number of rotatable bonds is 6. The van der Waals surface area contributed by atoms with E-state index >= 15 is 0 Å². The quantitative estimate of drug-likeness (QED) is 0.842. The van der Waals surface area contributed by atoms with Gasteiger partial charge in [-0.2, -0.15) is 5.26 Å². The van der Waals surface area contributed by atoms with Gasteiger partial charge >= 0.3 is 0 Å². The van der Waals surface area contributed by atoms with Crippen LogP contribution >= 0.6 is 0 Å². The molecule has 1 N–H and O–H groups in total. The van der Waals surface area contributed by atoms with Crippen LogP contribution in [0.3, 0.4) is 0 Å². The van der Waals surface area contributed by atoms with Crippen LogP contribution in [0.25, 0.3) is 0 Å². The van der Waals surface area contributed by atoms with E-state index in [-0.39, 0.29) is 5.82 Å². The summed E-state index contributed by atoms with van der Waals surface area (Å²) < 4.78 is 13.9. The molecule has 0 radical (unpaired) electrons. The Morgan fingerprint density at radius 1 is 1.33 bits per heavy atom. The highest BCUT2D eigenvalue weighted by atomic mass is 19.1. The van der Waals surface area contributed by atoms with Gasteiger partial charge in [-0.05, 0) is 42.7 Å². The van der Waals surface area contributed by atoms with Crippen molar-refractivity contribution < 1.29 is 4.39 Å². The van der Waals surface area contributed by atoms with Crippen LogP contribution in [0, 0.1) is 28.5 Å². The summed E-state index contributed by atoms with van der Waals surface area (Å²) in [6.07, 6.45) is 6.46. The van der Waals surface area contributed by atoms with Crippen molar-refractivity contribution in [3.8, 4) is 6.07 Å². The summed E-state index contributed by atoms with van der Waals surface area (Å²) >= 11 is 0. The molecule has 114 valence electrons. The summed E-state index contributed by atoms with van der Waals surface area (Å²) in [4.78, 5) is 0. The summed E-state index contributed by atoms with van der Waals surface area (Å²) in [5.74, 6) is 0.419. The van der Waals surface area contributed by atoms with Crippen molar-refractivity contribution in [2.75, 3.05) is 6.54 Å². The molecule has 0 aromatic heterocycles. The van der Waals surface area contributed by atoms with E-state index in [9.17, 15) is 4.39 Å². The number of nitrogens with zero attached hydrogens (tertiary/aromatic N) is 1. The fourth-order valence-electron chi connectivity index (χ4n) is 3.67. The molecular weight excluding hydrogens is 263 g/mol. The van der Waals surface area contributed by atoms with Crippen molar-refractivity contribution in [1.29, 1.82) is 5.26 Å². The van der Waals surface area contributed by atoms with Crippen LogP contribution in [0.15, 0.2) is 18.2 Å². The van der Waals surface area contributed by atoms with Crippen LogP contribution < -0.4 is 5.32 Å². The highest BCUT2D eigenvalue weighted by Crippen LogP contribution is 2.42. The maximum Gasteiger partial charge on any atom is 0.129 e. The van der Waals surface area contributed by atoms with E-state index < -0.39 is 0 Å². The Balaban J connectivity index is 1.92. The molecule has 3 heteroatoms. The number of nitriles is 1. The van der Waals surface area contributed by atoms with E-state index in [4.69, 9.17) is 5.26 Å². The molecule has 0 saturated heterocycles. The molecule has 0 amide bonds. The van der Waals surface area contributed by atoms with Gasteiger partial charge in [0.05, 0.1) is 11.6 Å². The number of hydrogen-bond donors (Lipinski definition) is 1. The lowest BCUT2D eigenvalue weighted by Gasteiger charge is -2.31. The molecule has 0 unspecified atom stereocenters. The van der Waals surface area contributed by atoms with Gasteiger partial charge in [-0.1, -0.05) is 32.8 Å². The van der Waals surface area contributed by atoms with Crippen LogP contribution in [-0.2, 0) is 6.54 Å². The van der Waals surface area contributed by atoms with E-state index in [2.05, 4.69) is 19.2 Å². The van der Waals surface area contributed by atoms with Crippen LogP contribution in [-0.4, -0.2) is 6.54 Å². The minimum absolute atomic E-state index is 0.286. The van der Waals surface area contributed by atoms with Crippen LogP contribution in [0.5, 0.6) is 0 Å². The predicted molar refractivity (Wildman–Crippen MR) is 83.2 cm³/mol. The Labute approximate surface area is 127 Å². The zero-order chi connectivity index (χ0) is 15.3. The Kier molecular flexibility index (Phi) is 5.36. The minimum Gasteiger partial charge on any atom is -0.312 e. The molecule has 1 aromatic rings. The predicted octanol–water partition coefficient (Wildman–Crippen LogP) is 4.39.